The molecule has 2 N–H and O–H groups in total. The van der Waals surface area contributed by atoms with Crippen LogP contribution in [0.5, 0.6) is 0 Å². The summed E-state index contributed by atoms with van der Waals surface area (Å²) in [6.45, 7) is 8.76. The molecule has 0 amide bonds. The fourth-order valence-electron chi connectivity index (χ4n) is 2.35. The highest BCUT2D eigenvalue weighted by Gasteiger charge is 2.32. The van der Waals surface area contributed by atoms with Gasteiger partial charge in [0.05, 0.1) is 24.5 Å². The molecule has 7 nitrogen and oxygen atoms in total. The number of nitrogens with two attached hydrogens (primary N) is 1. The van der Waals surface area contributed by atoms with Crippen LogP contribution in [0.25, 0.3) is 0 Å². The van der Waals surface area contributed by atoms with Gasteiger partial charge in [-0.3, -0.25) is 4.68 Å². The molecule has 0 aliphatic rings. The third-order valence-electron chi connectivity index (χ3n) is 3.31. The molecule has 1 rings (SSSR count). The first kappa shape index (κ1) is 18.1. The van der Waals surface area contributed by atoms with Crippen molar-refractivity contribution in [3.8, 4) is 0 Å². The normalized spacial score (nSPS) is 12.6. The highest BCUT2D eigenvalue weighted by atomic mass is 32.2. The van der Waals surface area contributed by atoms with E-state index in [1.807, 2.05) is 13.8 Å². The second-order valence-electron chi connectivity index (χ2n) is 5.21. The van der Waals surface area contributed by atoms with E-state index in [-0.39, 0.29) is 10.9 Å². The van der Waals surface area contributed by atoms with Crippen molar-refractivity contribution in [3.05, 3.63) is 11.4 Å². The van der Waals surface area contributed by atoms with Gasteiger partial charge < -0.3 is 10.5 Å². The summed E-state index contributed by atoms with van der Waals surface area (Å²) in [5.41, 5.74) is 6.66. The van der Waals surface area contributed by atoms with E-state index >= 15 is 0 Å². The summed E-state index contributed by atoms with van der Waals surface area (Å²) in [5, 5.41) is 4.29. The number of hydrogen-bond donors (Lipinski definition) is 1. The average molecular weight is 318 g/mol. The number of sulfonamides is 1. The fraction of sp³-hybridized carbons (Fsp3) is 0.769. The Morgan fingerprint density at radius 2 is 2.00 bits per heavy atom. The SMILES string of the molecule is COCCN(C(C)C)S(=O)(=O)c1c(C)nn(CCN)c1C. The van der Waals surface area contributed by atoms with Crippen LogP contribution in [0.4, 0.5) is 0 Å². The van der Waals surface area contributed by atoms with E-state index in [4.69, 9.17) is 10.5 Å². The van der Waals surface area contributed by atoms with E-state index in [0.717, 1.165) is 0 Å². The molecule has 21 heavy (non-hydrogen) atoms. The van der Waals surface area contributed by atoms with Gasteiger partial charge in [-0.05, 0) is 27.7 Å². The highest BCUT2D eigenvalue weighted by molar-refractivity contribution is 7.89. The first-order valence-corrected chi connectivity index (χ1v) is 8.46. The van der Waals surface area contributed by atoms with E-state index in [2.05, 4.69) is 5.10 Å². The predicted molar refractivity (Wildman–Crippen MR) is 81.7 cm³/mol. The fourth-order valence-corrected chi connectivity index (χ4v) is 4.35. The molecule has 0 atom stereocenters. The summed E-state index contributed by atoms with van der Waals surface area (Å²) in [6.07, 6.45) is 0. The lowest BCUT2D eigenvalue weighted by molar-refractivity contribution is 0.171. The van der Waals surface area contributed by atoms with Gasteiger partial charge in [0.15, 0.2) is 0 Å². The minimum atomic E-state index is -3.60. The average Bonchev–Trinajstić information content (AvgIpc) is 2.65. The third kappa shape index (κ3) is 3.82. The molecule has 0 aliphatic heterocycles. The third-order valence-corrected chi connectivity index (χ3v) is 5.64. The maximum absolute atomic E-state index is 12.9. The van der Waals surface area contributed by atoms with Crippen molar-refractivity contribution < 1.29 is 13.2 Å². The minimum absolute atomic E-state index is 0.151. The quantitative estimate of drug-likeness (QED) is 0.754. The summed E-state index contributed by atoms with van der Waals surface area (Å²) in [7, 11) is -2.05. The van der Waals surface area contributed by atoms with Crippen LogP contribution in [-0.2, 0) is 21.3 Å². The zero-order valence-corrected chi connectivity index (χ0v) is 14.3. The summed E-state index contributed by atoms with van der Waals surface area (Å²) in [4.78, 5) is 0.278. The molecule has 1 aromatic heterocycles. The molecule has 1 heterocycles. The van der Waals surface area contributed by atoms with Gasteiger partial charge in [-0.1, -0.05) is 0 Å². The van der Waals surface area contributed by atoms with Gasteiger partial charge in [0.25, 0.3) is 0 Å². The van der Waals surface area contributed by atoms with Crippen LogP contribution in [0.3, 0.4) is 0 Å². The molecular formula is C13H26N4O3S. The number of aromatic nitrogens is 2. The standard InChI is InChI=1S/C13H26N4O3S/c1-10(2)17(8-9-20-5)21(18,19)13-11(3)15-16(7-6-14)12(13)4/h10H,6-9,14H2,1-5H3. The second-order valence-corrected chi connectivity index (χ2v) is 7.04. The number of ether oxygens (including phenoxy) is 1. The van der Waals surface area contributed by atoms with Gasteiger partial charge >= 0.3 is 0 Å². The van der Waals surface area contributed by atoms with Crippen molar-refractivity contribution in [3.63, 3.8) is 0 Å². The lowest BCUT2D eigenvalue weighted by atomic mass is 10.4. The summed E-state index contributed by atoms with van der Waals surface area (Å²) in [6, 6.07) is -0.151. The molecular weight excluding hydrogens is 292 g/mol. The van der Waals surface area contributed by atoms with Crippen LogP contribution >= 0.6 is 0 Å². The van der Waals surface area contributed by atoms with Crippen molar-refractivity contribution in [2.24, 2.45) is 5.73 Å². The van der Waals surface area contributed by atoms with Crippen molar-refractivity contribution >= 4 is 10.0 Å². The number of hydrogen-bond acceptors (Lipinski definition) is 5. The maximum atomic E-state index is 12.9. The molecule has 0 saturated carbocycles. The number of nitrogens with zero attached hydrogens (tertiary/aromatic N) is 3. The molecule has 0 bridgehead atoms. The predicted octanol–water partition coefficient (Wildman–Crippen LogP) is 0.504. The van der Waals surface area contributed by atoms with Gasteiger partial charge in [-0.25, -0.2) is 8.42 Å². The Bertz CT molecular complexity index is 566. The Balaban J connectivity index is 3.28. The van der Waals surface area contributed by atoms with Crippen molar-refractivity contribution in [1.82, 2.24) is 14.1 Å². The van der Waals surface area contributed by atoms with Crippen LogP contribution in [0, 0.1) is 13.8 Å². The van der Waals surface area contributed by atoms with E-state index in [1.54, 1.807) is 25.6 Å². The lowest BCUT2D eigenvalue weighted by Gasteiger charge is -2.25. The van der Waals surface area contributed by atoms with Crippen LogP contribution in [0.1, 0.15) is 25.2 Å². The van der Waals surface area contributed by atoms with Gasteiger partial charge in [0.1, 0.15) is 4.90 Å². The molecule has 8 heteroatoms. The summed E-state index contributed by atoms with van der Waals surface area (Å²) < 4.78 is 34.0. The molecule has 0 aliphatic carbocycles. The molecule has 0 saturated heterocycles. The van der Waals surface area contributed by atoms with Crippen LogP contribution < -0.4 is 5.73 Å². The molecule has 0 spiro atoms. The van der Waals surface area contributed by atoms with Gasteiger partial charge in [0, 0.05) is 26.2 Å². The van der Waals surface area contributed by atoms with Crippen LogP contribution in [0.15, 0.2) is 4.90 Å². The largest absolute Gasteiger partial charge is 0.383 e. The Morgan fingerprint density at radius 1 is 1.38 bits per heavy atom. The Kier molecular flexibility index (Phi) is 6.33. The van der Waals surface area contributed by atoms with E-state index in [0.29, 0.717) is 37.6 Å². The van der Waals surface area contributed by atoms with Crippen LogP contribution in [-0.4, -0.2) is 55.4 Å². The first-order chi connectivity index (χ1) is 9.77. The lowest BCUT2D eigenvalue weighted by Crippen LogP contribution is -2.39. The summed E-state index contributed by atoms with van der Waals surface area (Å²) in [5.74, 6) is 0. The monoisotopic (exact) mass is 318 g/mol. The minimum Gasteiger partial charge on any atom is -0.383 e. The topological polar surface area (TPSA) is 90.5 Å². The van der Waals surface area contributed by atoms with E-state index in [1.165, 1.54) is 4.31 Å². The van der Waals surface area contributed by atoms with E-state index in [9.17, 15) is 8.42 Å². The molecule has 122 valence electrons. The van der Waals surface area contributed by atoms with Gasteiger partial charge in [-0.2, -0.15) is 9.40 Å². The van der Waals surface area contributed by atoms with E-state index < -0.39 is 10.0 Å². The number of aryl methyl sites for hydroxylation is 1. The number of methoxy groups -OCH3 is 1. The maximum Gasteiger partial charge on any atom is 0.247 e. The number of rotatable bonds is 8. The molecule has 1 aromatic rings. The van der Waals surface area contributed by atoms with Crippen molar-refractivity contribution in [1.29, 1.82) is 0 Å². The Hall–Kier alpha value is -0.960. The summed E-state index contributed by atoms with van der Waals surface area (Å²) >= 11 is 0. The zero-order valence-electron chi connectivity index (χ0n) is 13.5. The molecule has 0 aromatic carbocycles. The molecule has 0 fully saturated rings. The van der Waals surface area contributed by atoms with Crippen molar-refractivity contribution in [2.75, 3.05) is 26.8 Å². The first-order valence-electron chi connectivity index (χ1n) is 7.02. The zero-order chi connectivity index (χ0) is 16.2. The Morgan fingerprint density at radius 3 is 2.48 bits per heavy atom. The second kappa shape index (κ2) is 7.35. The van der Waals surface area contributed by atoms with Crippen molar-refractivity contribution in [2.45, 2.75) is 45.2 Å². The van der Waals surface area contributed by atoms with Gasteiger partial charge in [-0.15, -0.1) is 0 Å². The van der Waals surface area contributed by atoms with Gasteiger partial charge in [0.2, 0.25) is 10.0 Å². The molecule has 0 unspecified atom stereocenters. The molecule has 0 radical (unpaired) electrons. The van der Waals surface area contributed by atoms with Crippen LogP contribution in [0.2, 0.25) is 0 Å². The highest BCUT2D eigenvalue weighted by Crippen LogP contribution is 2.24. The smallest absolute Gasteiger partial charge is 0.247 e. The Labute approximate surface area is 127 Å².